The SMILES string of the molecule is CC(F)(Cl)C(F)(F)C(F)F. The van der Waals surface area contributed by atoms with Gasteiger partial charge >= 0.3 is 12.3 Å². The largest absolute Gasteiger partial charge is 0.353 e. The van der Waals surface area contributed by atoms with Crippen LogP contribution in [0.3, 0.4) is 0 Å². The maximum Gasteiger partial charge on any atom is 0.353 e. The molecule has 0 aromatic carbocycles. The highest BCUT2D eigenvalue weighted by Gasteiger charge is 2.57. The first kappa shape index (κ1) is 9.94. The van der Waals surface area contributed by atoms with Gasteiger partial charge in [-0.2, -0.15) is 8.78 Å². The Morgan fingerprint density at radius 3 is 1.50 bits per heavy atom. The van der Waals surface area contributed by atoms with Crippen LogP contribution in [-0.2, 0) is 0 Å². The van der Waals surface area contributed by atoms with Crippen molar-refractivity contribution in [3.05, 3.63) is 0 Å². The maximum absolute atomic E-state index is 12.0. The third kappa shape index (κ3) is 1.71. The van der Waals surface area contributed by atoms with Gasteiger partial charge in [-0.25, -0.2) is 13.2 Å². The van der Waals surface area contributed by atoms with Gasteiger partial charge in [0.05, 0.1) is 0 Å². The smallest absolute Gasteiger partial charge is 0.220 e. The van der Waals surface area contributed by atoms with Gasteiger partial charge in [0.25, 0.3) is 0 Å². The highest BCUT2D eigenvalue weighted by Crippen LogP contribution is 2.40. The van der Waals surface area contributed by atoms with Gasteiger partial charge < -0.3 is 0 Å². The fourth-order valence-electron chi connectivity index (χ4n) is 0.192. The van der Waals surface area contributed by atoms with Crippen LogP contribution in [-0.4, -0.2) is 17.5 Å². The monoisotopic (exact) mass is 182 g/mol. The van der Waals surface area contributed by atoms with E-state index in [1.165, 1.54) is 0 Å². The highest BCUT2D eigenvalue weighted by molar-refractivity contribution is 6.23. The lowest BCUT2D eigenvalue weighted by atomic mass is 10.2. The molecular weight excluding hydrogens is 178 g/mol. The number of hydrogen-bond acceptors (Lipinski definition) is 0. The molecule has 10 heavy (non-hydrogen) atoms. The van der Waals surface area contributed by atoms with Crippen molar-refractivity contribution in [3.8, 4) is 0 Å². The van der Waals surface area contributed by atoms with Crippen molar-refractivity contribution in [2.75, 3.05) is 0 Å². The van der Waals surface area contributed by atoms with Crippen molar-refractivity contribution in [2.45, 2.75) is 24.4 Å². The summed E-state index contributed by atoms with van der Waals surface area (Å²) in [7, 11) is 0. The predicted molar refractivity (Wildman–Crippen MR) is 26.3 cm³/mol. The molecule has 0 saturated heterocycles. The minimum Gasteiger partial charge on any atom is -0.220 e. The van der Waals surface area contributed by atoms with Gasteiger partial charge in [-0.15, -0.1) is 0 Å². The molecule has 0 aromatic heterocycles. The Balaban J connectivity index is 4.40. The van der Waals surface area contributed by atoms with E-state index in [2.05, 4.69) is 11.6 Å². The Morgan fingerprint density at radius 2 is 1.50 bits per heavy atom. The number of rotatable bonds is 2. The molecule has 0 radical (unpaired) electrons. The van der Waals surface area contributed by atoms with Crippen LogP contribution in [0.25, 0.3) is 0 Å². The van der Waals surface area contributed by atoms with Crippen molar-refractivity contribution in [3.63, 3.8) is 0 Å². The summed E-state index contributed by atoms with van der Waals surface area (Å²) in [5.74, 6) is -4.80. The summed E-state index contributed by atoms with van der Waals surface area (Å²) >= 11 is 4.32. The lowest BCUT2D eigenvalue weighted by molar-refractivity contribution is -0.180. The van der Waals surface area contributed by atoms with Crippen LogP contribution in [0.4, 0.5) is 22.0 Å². The second-order valence-corrected chi connectivity index (χ2v) is 2.52. The summed E-state index contributed by atoms with van der Waals surface area (Å²) in [6, 6.07) is 0. The average Bonchev–Trinajstić information content (AvgIpc) is 1.62. The molecular formula is C4H4ClF5. The van der Waals surface area contributed by atoms with Gasteiger partial charge in [0, 0.05) is 0 Å². The van der Waals surface area contributed by atoms with E-state index < -0.39 is 17.5 Å². The lowest BCUT2D eigenvalue weighted by Crippen LogP contribution is -2.43. The third-order valence-electron chi connectivity index (χ3n) is 0.859. The van der Waals surface area contributed by atoms with Crippen molar-refractivity contribution < 1.29 is 22.0 Å². The molecule has 0 saturated carbocycles. The molecule has 0 bridgehead atoms. The van der Waals surface area contributed by atoms with Gasteiger partial charge in [-0.1, -0.05) is 11.6 Å². The molecule has 1 unspecified atom stereocenters. The van der Waals surface area contributed by atoms with Gasteiger partial charge in [0.1, 0.15) is 0 Å². The fraction of sp³-hybridized carbons (Fsp3) is 1.00. The van der Waals surface area contributed by atoms with Crippen LogP contribution in [0, 0.1) is 0 Å². The molecule has 0 aliphatic heterocycles. The topological polar surface area (TPSA) is 0 Å². The number of halogens is 6. The molecule has 0 N–H and O–H groups in total. The van der Waals surface area contributed by atoms with E-state index >= 15 is 0 Å². The summed E-state index contributed by atoms with van der Waals surface area (Å²) < 4.78 is 58.0. The van der Waals surface area contributed by atoms with Crippen LogP contribution in [0.15, 0.2) is 0 Å². The normalized spacial score (nSPS) is 19.2. The van der Waals surface area contributed by atoms with Gasteiger partial charge in [-0.05, 0) is 6.92 Å². The molecule has 0 amide bonds. The van der Waals surface area contributed by atoms with Crippen LogP contribution in [0.1, 0.15) is 6.92 Å². The molecule has 0 aliphatic rings. The Hall–Kier alpha value is -0.0600. The van der Waals surface area contributed by atoms with Crippen molar-refractivity contribution >= 4 is 11.6 Å². The standard InChI is InChI=1S/C4H4ClF5/c1-3(5,8)4(9,10)2(6)7/h2H,1H3. The molecule has 0 spiro atoms. The van der Waals surface area contributed by atoms with E-state index in [1.807, 2.05) is 0 Å². The first-order chi connectivity index (χ1) is 4.19. The number of alkyl halides is 6. The Morgan fingerprint density at radius 1 is 1.20 bits per heavy atom. The van der Waals surface area contributed by atoms with Gasteiger partial charge in [0.15, 0.2) is 0 Å². The van der Waals surface area contributed by atoms with E-state index in [4.69, 9.17) is 0 Å². The average molecular weight is 183 g/mol. The van der Waals surface area contributed by atoms with E-state index in [-0.39, 0.29) is 6.92 Å². The van der Waals surface area contributed by atoms with E-state index in [9.17, 15) is 22.0 Å². The van der Waals surface area contributed by atoms with E-state index in [1.54, 1.807) is 0 Å². The zero-order valence-electron chi connectivity index (χ0n) is 4.85. The summed E-state index contributed by atoms with van der Waals surface area (Å²) in [6.45, 7) is 0.181. The first-order valence-corrected chi connectivity index (χ1v) is 2.61. The minimum atomic E-state index is -4.80. The molecule has 62 valence electrons. The lowest BCUT2D eigenvalue weighted by Gasteiger charge is -2.22. The summed E-state index contributed by atoms with van der Waals surface area (Å²) in [4.78, 5) is 0. The second-order valence-electron chi connectivity index (χ2n) is 1.81. The molecule has 0 aliphatic carbocycles. The molecule has 0 aromatic rings. The van der Waals surface area contributed by atoms with Crippen molar-refractivity contribution in [1.29, 1.82) is 0 Å². The maximum atomic E-state index is 12.0. The van der Waals surface area contributed by atoms with Crippen LogP contribution in [0.2, 0.25) is 0 Å². The Labute approximate surface area is 59.0 Å². The summed E-state index contributed by atoms with van der Waals surface area (Å²) in [5, 5.41) is -3.69. The van der Waals surface area contributed by atoms with E-state index in [0.29, 0.717) is 0 Å². The van der Waals surface area contributed by atoms with E-state index in [0.717, 1.165) is 0 Å². The van der Waals surface area contributed by atoms with Crippen LogP contribution in [0.5, 0.6) is 0 Å². The molecule has 0 nitrogen and oxygen atoms in total. The minimum absolute atomic E-state index is 0.181. The first-order valence-electron chi connectivity index (χ1n) is 2.23. The molecule has 0 heterocycles. The van der Waals surface area contributed by atoms with Crippen molar-refractivity contribution in [2.24, 2.45) is 0 Å². The zero-order valence-corrected chi connectivity index (χ0v) is 5.60. The van der Waals surface area contributed by atoms with Gasteiger partial charge in [-0.3, -0.25) is 0 Å². The number of hydrogen-bond donors (Lipinski definition) is 0. The molecule has 0 rings (SSSR count). The molecule has 6 heteroatoms. The Kier molecular flexibility index (Phi) is 2.51. The third-order valence-corrected chi connectivity index (χ3v) is 1.11. The van der Waals surface area contributed by atoms with Crippen LogP contribution < -0.4 is 0 Å². The van der Waals surface area contributed by atoms with Crippen molar-refractivity contribution in [1.82, 2.24) is 0 Å². The zero-order chi connectivity index (χ0) is 8.58. The second kappa shape index (κ2) is 2.53. The fourth-order valence-corrected chi connectivity index (χ4v) is 0.274. The van der Waals surface area contributed by atoms with Crippen LogP contribution >= 0.6 is 11.6 Å². The van der Waals surface area contributed by atoms with Gasteiger partial charge in [0.2, 0.25) is 5.13 Å². The summed E-state index contributed by atoms with van der Waals surface area (Å²) in [6.07, 6.45) is -4.08. The molecule has 0 fully saturated rings. The predicted octanol–water partition coefficient (Wildman–Crippen LogP) is 2.81. The quantitative estimate of drug-likeness (QED) is 0.455. The molecule has 1 atom stereocenters. The summed E-state index contributed by atoms with van der Waals surface area (Å²) in [5.41, 5.74) is 0. The Bertz CT molecular complexity index is 115. The highest BCUT2D eigenvalue weighted by atomic mass is 35.5.